The van der Waals surface area contributed by atoms with Crippen LogP contribution in [0.25, 0.3) is 0 Å². The van der Waals surface area contributed by atoms with Crippen LogP contribution >= 0.6 is 0 Å². The molecule has 0 heterocycles. The summed E-state index contributed by atoms with van der Waals surface area (Å²) in [4.78, 5) is 79.8. The molecular weight excluding hydrogens is 482 g/mol. The summed E-state index contributed by atoms with van der Waals surface area (Å²) < 4.78 is 0. The van der Waals surface area contributed by atoms with Crippen LogP contribution in [0.2, 0.25) is 0 Å². The van der Waals surface area contributed by atoms with Gasteiger partial charge < -0.3 is 0 Å². The van der Waals surface area contributed by atoms with Crippen molar-refractivity contribution in [1.82, 2.24) is 0 Å². The molecule has 0 radical (unpaired) electrons. The maximum absolute atomic E-state index is 12.5. The molecule has 0 atom stereocenters. The highest BCUT2D eigenvalue weighted by Gasteiger charge is 2.44. The standard InChI is InChI=1S/C12H5N7O15/c20-13(21)5-1-7(15(24)25)11(8(2-5)16(26)27)33-18(30)10-4-6(14(22)23)3-9(17(28)29)12(10)34-19(31)32/h1-4H,(H,31,32)/q+2. The Morgan fingerprint density at radius 1 is 0.529 bits per heavy atom. The Balaban J connectivity index is 2.81. The van der Waals surface area contributed by atoms with Gasteiger partial charge in [-0.25, -0.2) is 5.21 Å². The van der Waals surface area contributed by atoms with Gasteiger partial charge in [0.25, 0.3) is 16.3 Å². The van der Waals surface area contributed by atoms with E-state index in [-0.39, 0.29) is 24.3 Å². The molecule has 34 heavy (non-hydrogen) atoms. The van der Waals surface area contributed by atoms with Gasteiger partial charge in [0.2, 0.25) is 0 Å². The van der Waals surface area contributed by atoms with Gasteiger partial charge in [0.05, 0.1) is 47.7 Å². The minimum atomic E-state index is -1.53. The Morgan fingerprint density at radius 3 is 1.15 bits per heavy atom. The van der Waals surface area contributed by atoms with Crippen molar-refractivity contribution < 1.29 is 49.5 Å². The summed E-state index contributed by atoms with van der Waals surface area (Å²) in [5.41, 5.74) is -8.19. The maximum Gasteiger partial charge on any atom is 0.481 e. The molecule has 2 aromatic rings. The lowest BCUT2D eigenvalue weighted by molar-refractivity contribution is -0.946. The van der Waals surface area contributed by atoms with Crippen molar-refractivity contribution in [1.29, 1.82) is 0 Å². The Bertz CT molecular complexity index is 1270. The number of nitro groups is 5. The number of hydrogen-bond acceptors (Lipinski definition) is 14. The predicted molar refractivity (Wildman–Crippen MR) is 96.1 cm³/mol. The second-order valence-corrected chi connectivity index (χ2v) is 5.59. The van der Waals surface area contributed by atoms with E-state index in [1.54, 1.807) is 0 Å². The molecule has 0 aliphatic carbocycles. The number of rotatable bonds is 10. The second kappa shape index (κ2) is 9.04. The van der Waals surface area contributed by atoms with Crippen molar-refractivity contribution in [2.24, 2.45) is 0 Å². The first kappa shape index (κ1) is 24.3. The molecule has 0 saturated carbocycles. The van der Waals surface area contributed by atoms with E-state index in [1.807, 2.05) is 0 Å². The monoisotopic (exact) mass is 487 g/mol. The van der Waals surface area contributed by atoms with E-state index in [9.17, 15) is 60.4 Å². The van der Waals surface area contributed by atoms with Crippen LogP contribution in [-0.2, 0) is 0 Å². The van der Waals surface area contributed by atoms with E-state index in [0.717, 1.165) is 0 Å². The lowest BCUT2D eigenvalue weighted by atomic mass is 10.2. The molecule has 0 spiro atoms. The quantitative estimate of drug-likeness (QED) is 0.370. The molecule has 0 aliphatic heterocycles. The molecule has 0 fully saturated rings. The lowest BCUT2D eigenvalue weighted by Crippen LogP contribution is -2.15. The number of benzene rings is 2. The molecule has 22 heteroatoms. The minimum absolute atomic E-state index is 0.177. The first-order valence-electron chi connectivity index (χ1n) is 7.82. The molecule has 0 saturated heterocycles. The van der Waals surface area contributed by atoms with Crippen molar-refractivity contribution >= 4 is 34.1 Å². The Morgan fingerprint density at radius 2 is 0.853 bits per heavy atom. The van der Waals surface area contributed by atoms with Crippen LogP contribution in [0.15, 0.2) is 24.3 Å². The van der Waals surface area contributed by atoms with E-state index < -0.39 is 80.2 Å². The molecule has 22 nitrogen and oxygen atoms in total. The van der Waals surface area contributed by atoms with Crippen LogP contribution in [0.1, 0.15) is 0 Å². The summed E-state index contributed by atoms with van der Waals surface area (Å²) in [7, 11) is 0. The summed E-state index contributed by atoms with van der Waals surface area (Å²) in [5.74, 6) is -3.01. The fourth-order valence-electron chi connectivity index (χ4n) is 2.32. The number of non-ortho nitro benzene ring substituents is 2. The van der Waals surface area contributed by atoms with E-state index >= 15 is 0 Å². The van der Waals surface area contributed by atoms with Crippen LogP contribution in [0, 0.1) is 60.4 Å². The average Bonchev–Trinajstić information content (AvgIpc) is 2.72. The van der Waals surface area contributed by atoms with Gasteiger partial charge in [-0.3, -0.25) is 50.6 Å². The van der Waals surface area contributed by atoms with Crippen molar-refractivity contribution in [3.63, 3.8) is 0 Å². The Hall–Kier alpha value is -5.96. The third-order valence-corrected chi connectivity index (χ3v) is 3.62. The summed E-state index contributed by atoms with van der Waals surface area (Å²) >= 11 is 0. The zero-order chi connectivity index (χ0) is 25.9. The van der Waals surface area contributed by atoms with Gasteiger partial charge in [0.15, 0.2) is 0 Å². The number of hydrogen-bond donors (Lipinski definition) is 1. The molecule has 0 aliphatic rings. The number of nitrogens with zero attached hydrogens (tertiary/aromatic N) is 7. The smallest absolute Gasteiger partial charge is 0.258 e. The minimum Gasteiger partial charge on any atom is -0.258 e. The van der Waals surface area contributed by atoms with Crippen LogP contribution in [0.4, 0.5) is 34.1 Å². The third-order valence-electron chi connectivity index (χ3n) is 3.62. The van der Waals surface area contributed by atoms with E-state index in [1.165, 1.54) is 0 Å². The number of nitro benzene ring substituents is 5. The molecule has 176 valence electrons. The normalized spacial score (nSPS) is 10.1. The van der Waals surface area contributed by atoms with Gasteiger partial charge in [-0.2, -0.15) is 4.84 Å². The summed E-state index contributed by atoms with van der Waals surface area (Å²) in [5, 5.41) is 63.0. The third kappa shape index (κ3) is 4.85. The molecular formula is C12H5N7O15+2. The van der Waals surface area contributed by atoms with Gasteiger partial charge in [0, 0.05) is 0 Å². The molecule has 1 N–H and O–H groups in total. The average molecular weight is 487 g/mol. The van der Waals surface area contributed by atoms with Crippen LogP contribution < -0.4 is 9.68 Å². The summed E-state index contributed by atoms with van der Waals surface area (Å²) in [6, 6.07) is 0.752. The SMILES string of the molecule is O=[N+](O)Oc1c([N+](=O)[O-])cc([N+](=O)[O-])cc1[N+](=O)Oc1c([N+](=O)[O-])cc([N+](=O)[O-])cc1[N+](=O)[O-]. The van der Waals surface area contributed by atoms with E-state index in [2.05, 4.69) is 9.68 Å². The molecule has 0 amide bonds. The zero-order valence-corrected chi connectivity index (χ0v) is 15.6. The largest absolute Gasteiger partial charge is 0.481 e. The highest BCUT2D eigenvalue weighted by molar-refractivity contribution is 5.67. The van der Waals surface area contributed by atoms with Crippen LogP contribution in [0.3, 0.4) is 0 Å². The van der Waals surface area contributed by atoms with E-state index in [4.69, 9.17) is 5.21 Å². The first-order valence-corrected chi connectivity index (χ1v) is 7.82. The second-order valence-electron chi connectivity index (χ2n) is 5.59. The predicted octanol–water partition coefficient (Wildman–Crippen LogP) is 2.09. The van der Waals surface area contributed by atoms with Crippen LogP contribution in [0.5, 0.6) is 11.5 Å². The topological polar surface area (TPSA) is 295 Å². The molecule has 0 bridgehead atoms. The maximum atomic E-state index is 12.5. The molecule has 0 unspecified atom stereocenters. The molecule has 2 aromatic carbocycles. The van der Waals surface area contributed by atoms with Gasteiger partial charge in [-0.15, -0.1) is 4.84 Å². The molecule has 0 aromatic heterocycles. The van der Waals surface area contributed by atoms with Crippen molar-refractivity contribution in [2.75, 3.05) is 0 Å². The van der Waals surface area contributed by atoms with Crippen molar-refractivity contribution in [2.45, 2.75) is 0 Å². The fraction of sp³-hybridized carbons (Fsp3) is 0. The highest BCUT2D eigenvalue weighted by atomic mass is 17.0. The summed E-state index contributed by atoms with van der Waals surface area (Å²) in [6.07, 6.45) is 0. The van der Waals surface area contributed by atoms with Gasteiger partial charge >= 0.3 is 39.3 Å². The van der Waals surface area contributed by atoms with Gasteiger partial charge in [-0.1, -0.05) is 0 Å². The Labute approximate surface area is 180 Å². The first-order chi connectivity index (χ1) is 15.7. The van der Waals surface area contributed by atoms with E-state index in [0.29, 0.717) is 0 Å². The highest BCUT2D eigenvalue weighted by Crippen LogP contribution is 2.44. The lowest BCUT2D eigenvalue weighted by Gasteiger charge is -2.01. The van der Waals surface area contributed by atoms with Gasteiger partial charge in [0.1, 0.15) is 11.0 Å². The zero-order valence-electron chi connectivity index (χ0n) is 15.6. The van der Waals surface area contributed by atoms with Crippen LogP contribution in [-0.4, -0.2) is 39.8 Å². The van der Waals surface area contributed by atoms with Crippen molar-refractivity contribution in [3.05, 3.63) is 84.7 Å². The van der Waals surface area contributed by atoms with Crippen molar-refractivity contribution in [3.8, 4) is 11.5 Å². The molecule has 2 rings (SSSR count). The van der Waals surface area contributed by atoms with Gasteiger partial charge in [-0.05, 0) is 0 Å². The Kier molecular flexibility index (Phi) is 6.46. The fourth-order valence-corrected chi connectivity index (χ4v) is 2.32. The summed E-state index contributed by atoms with van der Waals surface area (Å²) in [6.45, 7) is 0.